The van der Waals surface area contributed by atoms with Gasteiger partial charge in [0, 0.05) is 54.8 Å². The summed E-state index contributed by atoms with van der Waals surface area (Å²) in [5.74, 6) is 1.40. The molecule has 2 heterocycles. The fourth-order valence-electron chi connectivity index (χ4n) is 4.60. The average molecular weight is 460 g/mol. The third-order valence-electron chi connectivity index (χ3n) is 6.62. The Kier molecular flexibility index (Phi) is 6.02. The van der Waals surface area contributed by atoms with Gasteiger partial charge in [0.05, 0.1) is 25.9 Å². The van der Waals surface area contributed by atoms with E-state index in [2.05, 4.69) is 21.2 Å². The van der Waals surface area contributed by atoms with Gasteiger partial charge >= 0.3 is 0 Å². The van der Waals surface area contributed by atoms with Crippen molar-refractivity contribution in [2.75, 3.05) is 50.6 Å². The maximum Gasteiger partial charge on any atom is 0.241 e. The topological polar surface area (TPSA) is 67.2 Å². The second-order valence-electron chi connectivity index (χ2n) is 8.54. The first-order valence-corrected chi connectivity index (χ1v) is 11.5. The smallest absolute Gasteiger partial charge is 0.241 e. The number of para-hydroxylation sites is 1. The number of nitrogens with zero attached hydrogens (tertiary/aromatic N) is 2. The largest absolute Gasteiger partial charge is 0.497 e. The molecule has 1 saturated heterocycles. The molecule has 1 atom stereocenters. The fourth-order valence-corrected chi connectivity index (χ4v) is 4.60. The number of methoxy groups -OCH3 is 2. The molecule has 1 aromatic heterocycles. The van der Waals surface area contributed by atoms with Gasteiger partial charge in [-0.1, -0.05) is 24.3 Å². The van der Waals surface area contributed by atoms with E-state index >= 15 is 0 Å². The molecule has 0 radical (unpaired) electrons. The summed E-state index contributed by atoms with van der Waals surface area (Å²) in [5.41, 5.74) is 3.28. The van der Waals surface area contributed by atoms with Crippen LogP contribution < -0.4 is 19.7 Å². The van der Waals surface area contributed by atoms with E-state index in [0.29, 0.717) is 11.4 Å². The first kappa shape index (κ1) is 22.1. The number of furan rings is 1. The second kappa shape index (κ2) is 9.27. The molecule has 0 bridgehead atoms. The van der Waals surface area contributed by atoms with E-state index < -0.39 is 0 Å². The summed E-state index contributed by atoms with van der Waals surface area (Å²) in [6.45, 7) is 5.23. The minimum atomic E-state index is -0.275. The molecule has 1 N–H and O–H groups in total. The van der Waals surface area contributed by atoms with Crippen LogP contribution >= 0.6 is 0 Å². The van der Waals surface area contributed by atoms with Gasteiger partial charge in [-0.25, -0.2) is 0 Å². The highest BCUT2D eigenvalue weighted by atomic mass is 16.5. The Morgan fingerprint density at radius 2 is 1.71 bits per heavy atom. The van der Waals surface area contributed by atoms with Crippen LogP contribution in [0.15, 0.2) is 65.1 Å². The summed E-state index contributed by atoms with van der Waals surface area (Å²) in [6, 6.07) is 19.5. The van der Waals surface area contributed by atoms with E-state index in [1.54, 1.807) is 14.2 Å². The van der Waals surface area contributed by atoms with Gasteiger partial charge in [0.15, 0.2) is 0 Å². The molecule has 34 heavy (non-hydrogen) atoms. The summed E-state index contributed by atoms with van der Waals surface area (Å²) >= 11 is 0. The van der Waals surface area contributed by atoms with Gasteiger partial charge in [0.25, 0.3) is 0 Å². The number of amides is 1. The van der Waals surface area contributed by atoms with Gasteiger partial charge in [-0.15, -0.1) is 0 Å². The Labute approximate surface area is 198 Å². The zero-order valence-corrected chi connectivity index (χ0v) is 19.7. The van der Waals surface area contributed by atoms with E-state index in [1.807, 2.05) is 61.5 Å². The maximum atomic E-state index is 13.2. The molecule has 4 aromatic rings. The SMILES string of the molecule is COc1cccc(N2CCN(C(C)C(=O)Nc3cc4oc5ccccc5c4cc3OC)CC2)c1. The summed E-state index contributed by atoms with van der Waals surface area (Å²) in [4.78, 5) is 17.7. The van der Waals surface area contributed by atoms with Crippen molar-refractivity contribution in [3.63, 3.8) is 0 Å². The number of hydrogen-bond acceptors (Lipinski definition) is 6. The number of fused-ring (bicyclic) bond motifs is 3. The maximum absolute atomic E-state index is 13.2. The number of rotatable bonds is 6. The van der Waals surface area contributed by atoms with E-state index in [-0.39, 0.29) is 11.9 Å². The van der Waals surface area contributed by atoms with Crippen LogP contribution in [0.25, 0.3) is 21.9 Å². The molecular weight excluding hydrogens is 430 g/mol. The lowest BCUT2D eigenvalue weighted by Gasteiger charge is -2.38. The molecule has 7 heteroatoms. The first-order chi connectivity index (χ1) is 16.6. The van der Waals surface area contributed by atoms with Gasteiger partial charge in [-0.3, -0.25) is 9.69 Å². The number of anilines is 2. The van der Waals surface area contributed by atoms with Crippen molar-refractivity contribution in [2.45, 2.75) is 13.0 Å². The van der Waals surface area contributed by atoms with Crippen LogP contribution in [0.3, 0.4) is 0 Å². The third-order valence-corrected chi connectivity index (χ3v) is 6.62. The standard InChI is InChI=1S/C27H29N3O4/c1-18(29-11-13-30(14-12-29)19-7-6-8-20(15-19)32-2)27(31)28-23-17-25-22(16-26(23)33-3)21-9-4-5-10-24(21)34-25/h4-10,15-18H,11-14H2,1-3H3,(H,28,31). The van der Waals surface area contributed by atoms with Crippen molar-refractivity contribution in [3.05, 3.63) is 60.7 Å². The van der Waals surface area contributed by atoms with Crippen LogP contribution in [0.5, 0.6) is 11.5 Å². The predicted molar refractivity (Wildman–Crippen MR) is 135 cm³/mol. The van der Waals surface area contributed by atoms with Gasteiger partial charge in [-0.05, 0) is 31.2 Å². The van der Waals surface area contributed by atoms with Crippen molar-refractivity contribution in [2.24, 2.45) is 0 Å². The molecule has 0 aliphatic carbocycles. The van der Waals surface area contributed by atoms with Gasteiger partial charge in [-0.2, -0.15) is 0 Å². The van der Waals surface area contributed by atoms with Crippen molar-refractivity contribution in [3.8, 4) is 11.5 Å². The molecule has 3 aromatic carbocycles. The molecule has 0 spiro atoms. The average Bonchev–Trinajstić information content (AvgIpc) is 3.25. The van der Waals surface area contributed by atoms with Gasteiger partial charge in [0.1, 0.15) is 22.7 Å². The highest BCUT2D eigenvalue weighted by Crippen LogP contribution is 2.36. The molecular formula is C27H29N3O4. The Morgan fingerprint density at radius 1 is 0.912 bits per heavy atom. The van der Waals surface area contributed by atoms with E-state index in [1.165, 1.54) is 0 Å². The molecule has 1 fully saturated rings. The first-order valence-electron chi connectivity index (χ1n) is 11.5. The quantitative estimate of drug-likeness (QED) is 0.449. The van der Waals surface area contributed by atoms with E-state index in [9.17, 15) is 4.79 Å². The van der Waals surface area contributed by atoms with Crippen LogP contribution in [0.2, 0.25) is 0 Å². The Balaban J connectivity index is 1.28. The Hall–Kier alpha value is -3.71. The third kappa shape index (κ3) is 4.15. The number of piperazine rings is 1. The molecule has 1 unspecified atom stereocenters. The zero-order chi connectivity index (χ0) is 23.7. The number of carbonyl (C=O) groups is 1. The Morgan fingerprint density at radius 3 is 2.47 bits per heavy atom. The van der Waals surface area contributed by atoms with Crippen LogP contribution in [-0.2, 0) is 4.79 Å². The van der Waals surface area contributed by atoms with Gasteiger partial charge in [0.2, 0.25) is 5.91 Å². The summed E-state index contributed by atoms with van der Waals surface area (Å²) in [6.07, 6.45) is 0. The lowest BCUT2D eigenvalue weighted by atomic mass is 10.1. The lowest BCUT2D eigenvalue weighted by Crippen LogP contribution is -2.52. The fraction of sp³-hybridized carbons (Fsp3) is 0.296. The molecule has 1 aliphatic rings. The predicted octanol–water partition coefficient (Wildman–Crippen LogP) is 4.75. The minimum Gasteiger partial charge on any atom is -0.497 e. The van der Waals surface area contributed by atoms with E-state index in [0.717, 1.165) is 59.6 Å². The molecule has 7 nitrogen and oxygen atoms in total. The minimum absolute atomic E-state index is 0.0661. The van der Waals surface area contributed by atoms with Crippen LogP contribution in [0.4, 0.5) is 11.4 Å². The van der Waals surface area contributed by atoms with Crippen molar-refractivity contribution in [1.29, 1.82) is 0 Å². The molecule has 176 valence electrons. The van der Waals surface area contributed by atoms with Gasteiger partial charge < -0.3 is 24.1 Å². The normalized spacial score (nSPS) is 15.4. The van der Waals surface area contributed by atoms with Crippen LogP contribution in [0.1, 0.15) is 6.92 Å². The molecule has 1 amide bonds. The number of nitrogens with one attached hydrogen (secondary N) is 1. The summed E-state index contributed by atoms with van der Waals surface area (Å²) in [5, 5.41) is 5.05. The highest BCUT2D eigenvalue weighted by Gasteiger charge is 2.27. The highest BCUT2D eigenvalue weighted by molar-refractivity contribution is 6.08. The number of carbonyl (C=O) groups excluding carboxylic acids is 1. The Bertz CT molecular complexity index is 1320. The monoisotopic (exact) mass is 459 g/mol. The number of benzene rings is 3. The number of hydrogen-bond donors (Lipinski definition) is 1. The van der Waals surface area contributed by atoms with E-state index in [4.69, 9.17) is 13.9 Å². The summed E-state index contributed by atoms with van der Waals surface area (Å²) < 4.78 is 16.9. The van der Waals surface area contributed by atoms with Crippen molar-refractivity contribution < 1.29 is 18.7 Å². The van der Waals surface area contributed by atoms with Crippen LogP contribution in [-0.4, -0.2) is 57.2 Å². The molecule has 5 rings (SSSR count). The second-order valence-corrected chi connectivity index (χ2v) is 8.54. The summed E-state index contributed by atoms with van der Waals surface area (Å²) in [7, 11) is 3.29. The van der Waals surface area contributed by atoms with Crippen molar-refractivity contribution >= 4 is 39.2 Å². The van der Waals surface area contributed by atoms with Crippen molar-refractivity contribution in [1.82, 2.24) is 4.90 Å². The van der Waals surface area contributed by atoms with Crippen LogP contribution in [0, 0.1) is 0 Å². The molecule has 0 saturated carbocycles. The number of ether oxygens (including phenoxy) is 2. The lowest BCUT2D eigenvalue weighted by molar-refractivity contribution is -0.120. The zero-order valence-electron chi connectivity index (χ0n) is 19.7. The molecule has 1 aliphatic heterocycles.